The van der Waals surface area contributed by atoms with Crippen LogP contribution < -0.4 is 4.74 Å². The number of nitrogens with zero attached hydrogens (tertiary/aromatic N) is 1. The van der Waals surface area contributed by atoms with Crippen LogP contribution in [0.25, 0.3) is 10.9 Å². The molecule has 0 radical (unpaired) electrons. The van der Waals surface area contributed by atoms with E-state index in [0.29, 0.717) is 24.0 Å². The van der Waals surface area contributed by atoms with Gasteiger partial charge in [-0.2, -0.15) is 0 Å². The number of rotatable bonds is 4. The molecule has 2 aromatic rings. The molecular formula is C12H14N2O2. The molecule has 84 valence electrons. The smallest absolute Gasteiger partial charge is 0.240 e. The number of nitrogens with one attached hydrogen (secondary N) is 1. The molecule has 4 heteroatoms. The summed E-state index contributed by atoms with van der Waals surface area (Å²) in [5, 5.41) is 7.80. The van der Waals surface area contributed by atoms with Gasteiger partial charge in [0.05, 0.1) is 17.5 Å². The Kier molecular flexibility index (Phi) is 2.90. The number of aldehydes is 1. The molecule has 0 amide bonds. The Labute approximate surface area is 93.6 Å². The number of hydrogen-bond acceptors (Lipinski definition) is 3. The summed E-state index contributed by atoms with van der Waals surface area (Å²) in [5.74, 6) is 1.01. The average molecular weight is 218 g/mol. The molecule has 0 aliphatic heterocycles. The number of fused-ring (bicyclic) bond motifs is 1. The topological polar surface area (TPSA) is 55.0 Å². The Hall–Kier alpha value is -1.84. The number of aromatic amines is 1. The molecule has 0 unspecified atom stereocenters. The largest absolute Gasteiger partial charge is 0.476 e. The standard InChI is InChI=1S/C12H14N2O2/c1-8(2)7-16-12-10-5-9(6-15)3-4-11(10)13-14-12/h3-6,8H,7H2,1-2H3,(H,13,14). The molecule has 4 nitrogen and oxygen atoms in total. The predicted octanol–water partition coefficient (Wildman–Crippen LogP) is 2.41. The molecule has 1 N–H and O–H groups in total. The predicted molar refractivity (Wildman–Crippen MR) is 61.8 cm³/mol. The molecular weight excluding hydrogens is 204 g/mol. The van der Waals surface area contributed by atoms with Gasteiger partial charge in [-0.1, -0.05) is 13.8 Å². The van der Waals surface area contributed by atoms with Gasteiger partial charge >= 0.3 is 0 Å². The van der Waals surface area contributed by atoms with Crippen molar-refractivity contribution in [2.24, 2.45) is 5.92 Å². The van der Waals surface area contributed by atoms with E-state index in [2.05, 4.69) is 24.0 Å². The Morgan fingerprint density at radius 2 is 2.31 bits per heavy atom. The van der Waals surface area contributed by atoms with Crippen molar-refractivity contribution >= 4 is 17.2 Å². The minimum atomic E-state index is 0.445. The molecule has 0 aliphatic rings. The van der Waals surface area contributed by atoms with Gasteiger partial charge in [-0.15, -0.1) is 5.10 Å². The van der Waals surface area contributed by atoms with Crippen molar-refractivity contribution in [3.63, 3.8) is 0 Å². The number of H-pyrrole nitrogens is 1. The maximum absolute atomic E-state index is 10.7. The summed E-state index contributed by atoms with van der Waals surface area (Å²) in [5.41, 5.74) is 1.51. The third kappa shape index (κ3) is 2.05. The van der Waals surface area contributed by atoms with Gasteiger partial charge in [0, 0.05) is 5.56 Å². The van der Waals surface area contributed by atoms with Gasteiger partial charge in [-0.25, -0.2) is 0 Å². The lowest BCUT2D eigenvalue weighted by atomic mass is 10.2. The van der Waals surface area contributed by atoms with E-state index in [1.165, 1.54) is 0 Å². The summed E-state index contributed by atoms with van der Waals surface area (Å²) in [4.78, 5) is 10.7. The van der Waals surface area contributed by atoms with Crippen molar-refractivity contribution < 1.29 is 9.53 Å². The van der Waals surface area contributed by atoms with E-state index in [1.807, 2.05) is 6.07 Å². The molecule has 1 aromatic heterocycles. The highest BCUT2D eigenvalue weighted by Gasteiger charge is 2.08. The summed E-state index contributed by atoms with van der Waals surface area (Å²) in [6.45, 7) is 4.77. The molecule has 16 heavy (non-hydrogen) atoms. The molecule has 0 aliphatic carbocycles. The lowest BCUT2D eigenvalue weighted by molar-refractivity contribution is 0.112. The minimum absolute atomic E-state index is 0.445. The van der Waals surface area contributed by atoms with Crippen molar-refractivity contribution in [2.45, 2.75) is 13.8 Å². The van der Waals surface area contributed by atoms with Gasteiger partial charge in [-0.05, 0) is 24.1 Å². The van der Waals surface area contributed by atoms with E-state index in [1.54, 1.807) is 12.1 Å². The van der Waals surface area contributed by atoms with E-state index in [-0.39, 0.29) is 0 Å². The maximum Gasteiger partial charge on any atom is 0.240 e. The highest BCUT2D eigenvalue weighted by atomic mass is 16.5. The molecule has 2 rings (SSSR count). The molecule has 0 saturated heterocycles. The molecule has 0 saturated carbocycles. The third-order valence-corrected chi connectivity index (χ3v) is 2.24. The van der Waals surface area contributed by atoms with Crippen molar-refractivity contribution in [1.29, 1.82) is 0 Å². The maximum atomic E-state index is 10.7. The second-order valence-electron chi connectivity index (χ2n) is 4.16. The number of benzene rings is 1. The van der Waals surface area contributed by atoms with Crippen LogP contribution in [0.2, 0.25) is 0 Å². The van der Waals surface area contributed by atoms with Gasteiger partial charge in [0.15, 0.2) is 0 Å². The van der Waals surface area contributed by atoms with Gasteiger partial charge in [0.1, 0.15) is 6.29 Å². The highest BCUT2D eigenvalue weighted by molar-refractivity contribution is 5.89. The second-order valence-corrected chi connectivity index (χ2v) is 4.16. The molecule has 0 spiro atoms. The van der Waals surface area contributed by atoms with Crippen LogP contribution in [0.15, 0.2) is 18.2 Å². The highest BCUT2D eigenvalue weighted by Crippen LogP contribution is 2.23. The van der Waals surface area contributed by atoms with Gasteiger partial charge < -0.3 is 4.74 Å². The fourth-order valence-corrected chi connectivity index (χ4v) is 1.44. The average Bonchev–Trinajstić information content (AvgIpc) is 2.68. The lowest BCUT2D eigenvalue weighted by Crippen LogP contribution is -2.04. The van der Waals surface area contributed by atoms with Crippen LogP contribution in [0.1, 0.15) is 24.2 Å². The zero-order valence-electron chi connectivity index (χ0n) is 9.36. The van der Waals surface area contributed by atoms with Gasteiger partial charge in [-0.3, -0.25) is 9.89 Å². The monoisotopic (exact) mass is 218 g/mol. The van der Waals surface area contributed by atoms with Crippen molar-refractivity contribution in [1.82, 2.24) is 10.2 Å². The molecule has 0 fully saturated rings. The van der Waals surface area contributed by atoms with Crippen LogP contribution in [0.3, 0.4) is 0 Å². The molecule has 1 aromatic carbocycles. The zero-order chi connectivity index (χ0) is 11.5. The van der Waals surface area contributed by atoms with E-state index in [0.717, 1.165) is 17.2 Å². The minimum Gasteiger partial charge on any atom is -0.476 e. The third-order valence-electron chi connectivity index (χ3n) is 2.24. The van der Waals surface area contributed by atoms with E-state index in [9.17, 15) is 4.79 Å². The normalized spacial score (nSPS) is 10.9. The first-order chi connectivity index (χ1) is 7.70. The summed E-state index contributed by atoms with van der Waals surface area (Å²) < 4.78 is 5.56. The van der Waals surface area contributed by atoms with Gasteiger partial charge in [0.25, 0.3) is 0 Å². The summed E-state index contributed by atoms with van der Waals surface area (Å²) in [6, 6.07) is 5.36. The van der Waals surface area contributed by atoms with Crippen molar-refractivity contribution in [3.05, 3.63) is 23.8 Å². The van der Waals surface area contributed by atoms with Crippen molar-refractivity contribution in [3.8, 4) is 5.88 Å². The fourth-order valence-electron chi connectivity index (χ4n) is 1.44. The van der Waals surface area contributed by atoms with E-state index < -0.39 is 0 Å². The van der Waals surface area contributed by atoms with E-state index in [4.69, 9.17) is 4.74 Å². The Morgan fingerprint density at radius 3 is 3.00 bits per heavy atom. The SMILES string of the molecule is CC(C)COc1n[nH]c2ccc(C=O)cc12. The first kappa shape index (κ1) is 10.7. The van der Waals surface area contributed by atoms with Crippen LogP contribution in [0.4, 0.5) is 0 Å². The number of carbonyl (C=O) groups is 1. The van der Waals surface area contributed by atoms with Crippen LogP contribution >= 0.6 is 0 Å². The number of hydrogen-bond donors (Lipinski definition) is 1. The first-order valence-corrected chi connectivity index (χ1v) is 5.27. The number of aromatic nitrogens is 2. The Morgan fingerprint density at radius 1 is 1.50 bits per heavy atom. The Bertz CT molecular complexity index is 503. The van der Waals surface area contributed by atoms with Crippen LogP contribution in [0, 0.1) is 5.92 Å². The summed E-state index contributed by atoms with van der Waals surface area (Å²) in [7, 11) is 0. The first-order valence-electron chi connectivity index (χ1n) is 5.27. The number of carbonyl (C=O) groups excluding carboxylic acids is 1. The quantitative estimate of drug-likeness (QED) is 0.802. The van der Waals surface area contributed by atoms with Gasteiger partial charge in [0.2, 0.25) is 5.88 Å². The Balaban J connectivity index is 2.34. The van der Waals surface area contributed by atoms with Crippen LogP contribution in [-0.4, -0.2) is 23.1 Å². The van der Waals surface area contributed by atoms with Crippen LogP contribution in [0.5, 0.6) is 5.88 Å². The molecule has 1 heterocycles. The number of ether oxygens (including phenoxy) is 1. The molecule has 0 bridgehead atoms. The van der Waals surface area contributed by atoms with Crippen LogP contribution in [-0.2, 0) is 0 Å². The summed E-state index contributed by atoms with van der Waals surface area (Å²) >= 11 is 0. The van der Waals surface area contributed by atoms with Crippen molar-refractivity contribution in [2.75, 3.05) is 6.61 Å². The zero-order valence-corrected chi connectivity index (χ0v) is 9.36. The second kappa shape index (κ2) is 4.35. The summed E-state index contributed by atoms with van der Waals surface area (Å²) in [6.07, 6.45) is 0.818. The lowest BCUT2D eigenvalue weighted by Gasteiger charge is -2.05. The molecule has 0 atom stereocenters. The van der Waals surface area contributed by atoms with E-state index >= 15 is 0 Å². The fraction of sp³-hybridized carbons (Fsp3) is 0.333.